The maximum absolute atomic E-state index is 12.9. The van der Waals surface area contributed by atoms with Gasteiger partial charge in [0.1, 0.15) is 0 Å². The summed E-state index contributed by atoms with van der Waals surface area (Å²) in [6.45, 7) is -3.23. The summed E-state index contributed by atoms with van der Waals surface area (Å²) in [6, 6.07) is 7.40. The summed E-state index contributed by atoms with van der Waals surface area (Å²) >= 11 is 6.06. The average Bonchev–Trinajstić information content (AvgIpc) is 3.01. The van der Waals surface area contributed by atoms with E-state index in [9.17, 15) is 28.5 Å². The molecule has 0 aromatic heterocycles. The number of thiocarbonyl (C=S) groups is 1. The number of methoxy groups -OCH3 is 1. The zero-order valence-electron chi connectivity index (χ0n) is 16.0. The molecule has 2 aromatic carbocycles. The second-order valence-corrected chi connectivity index (χ2v) is 7.75. The Morgan fingerprint density at radius 2 is 2.03 bits per heavy atom. The first kappa shape index (κ1) is 23.1. The molecule has 2 aromatic rings. The van der Waals surface area contributed by atoms with Crippen LogP contribution in [0.4, 0.5) is 20.2 Å². The second-order valence-electron chi connectivity index (χ2n) is 6.07. The highest BCUT2D eigenvalue weighted by Crippen LogP contribution is 2.40. The van der Waals surface area contributed by atoms with Crippen LogP contribution in [0, 0.1) is 10.1 Å². The first-order chi connectivity index (χ1) is 15.1. The fourth-order valence-corrected chi connectivity index (χ4v) is 4.09. The lowest BCUT2D eigenvalue weighted by atomic mass is 10.1. The molecule has 0 saturated carbocycles. The summed E-state index contributed by atoms with van der Waals surface area (Å²) in [5.74, 6) is -2.57. The molecule has 0 radical (unpaired) electrons. The molecule has 166 valence electrons. The number of halogens is 2. The van der Waals surface area contributed by atoms with Gasteiger partial charge in [0.2, 0.25) is 0 Å². The summed E-state index contributed by atoms with van der Waals surface area (Å²) < 4.78 is 34.5. The number of aromatic carboxylic acids is 1. The van der Waals surface area contributed by atoms with Crippen molar-refractivity contribution in [2.24, 2.45) is 0 Å². The van der Waals surface area contributed by atoms with Gasteiger partial charge < -0.3 is 14.6 Å². The Bertz CT molecular complexity index is 1170. The van der Waals surface area contributed by atoms with Gasteiger partial charge >= 0.3 is 12.6 Å². The summed E-state index contributed by atoms with van der Waals surface area (Å²) in [5.41, 5.74) is -0.549. The van der Waals surface area contributed by atoms with Gasteiger partial charge in [-0.25, -0.2) is 4.79 Å². The highest BCUT2D eigenvalue weighted by atomic mass is 32.2. The van der Waals surface area contributed by atoms with Gasteiger partial charge in [-0.2, -0.15) is 8.78 Å². The zero-order chi connectivity index (χ0) is 23.6. The van der Waals surface area contributed by atoms with Crippen LogP contribution in [0.1, 0.15) is 15.9 Å². The van der Waals surface area contributed by atoms with Crippen molar-refractivity contribution in [3.8, 4) is 11.5 Å². The molecule has 1 N–H and O–H groups in total. The lowest BCUT2D eigenvalue weighted by Gasteiger charge is -2.14. The van der Waals surface area contributed by atoms with Crippen LogP contribution in [0.25, 0.3) is 6.08 Å². The number of anilines is 1. The summed E-state index contributed by atoms with van der Waals surface area (Å²) in [4.78, 5) is 35.9. The molecule has 1 saturated heterocycles. The van der Waals surface area contributed by atoms with Gasteiger partial charge in [0.05, 0.1) is 39.8 Å². The number of carboxylic acid groups (broad SMARTS) is 1. The number of ether oxygens (including phenoxy) is 2. The number of rotatable bonds is 7. The van der Waals surface area contributed by atoms with Crippen LogP contribution in [0.2, 0.25) is 0 Å². The first-order valence-corrected chi connectivity index (χ1v) is 9.77. The quantitative estimate of drug-likeness (QED) is 0.266. The normalized spacial score (nSPS) is 14.9. The number of nitrogens with zero attached hydrogens (tertiary/aromatic N) is 2. The monoisotopic (exact) mass is 482 g/mol. The van der Waals surface area contributed by atoms with Crippen molar-refractivity contribution in [3.63, 3.8) is 0 Å². The van der Waals surface area contributed by atoms with Crippen LogP contribution in [0.3, 0.4) is 0 Å². The van der Waals surface area contributed by atoms with E-state index in [1.54, 1.807) is 0 Å². The third-order valence-corrected chi connectivity index (χ3v) is 5.46. The summed E-state index contributed by atoms with van der Waals surface area (Å²) in [7, 11) is 1.16. The number of carbonyl (C=O) groups is 2. The molecule has 1 heterocycles. The molecule has 0 atom stereocenters. The van der Waals surface area contributed by atoms with E-state index >= 15 is 0 Å². The van der Waals surface area contributed by atoms with Crippen molar-refractivity contribution >= 4 is 57.6 Å². The smallest absolute Gasteiger partial charge is 0.387 e. The number of benzene rings is 2. The molecule has 1 fully saturated rings. The highest BCUT2D eigenvalue weighted by Gasteiger charge is 2.34. The predicted octanol–water partition coefficient (Wildman–Crippen LogP) is 4.31. The van der Waals surface area contributed by atoms with E-state index in [2.05, 4.69) is 4.74 Å². The van der Waals surface area contributed by atoms with Gasteiger partial charge in [0.25, 0.3) is 11.6 Å². The van der Waals surface area contributed by atoms with E-state index in [4.69, 9.17) is 22.1 Å². The maximum Gasteiger partial charge on any atom is 0.387 e. The molecule has 1 aliphatic heterocycles. The van der Waals surface area contributed by atoms with Gasteiger partial charge in [-0.15, -0.1) is 0 Å². The van der Waals surface area contributed by atoms with Crippen molar-refractivity contribution in [3.05, 3.63) is 62.5 Å². The van der Waals surface area contributed by atoms with Crippen LogP contribution < -0.4 is 14.4 Å². The van der Waals surface area contributed by atoms with Crippen LogP contribution >= 0.6 is 24.0 Å². The Hall–Kier alpha value is -3.58. The molecule has 1 aliphatic rings. The SMILES string of the molecule is COc1cc(/C=C2\SC(=S)N(c3cccc(C(=O)O)c3)C2=O)c([N+](=O)[O-])cc1OC(F)F. The van der Waals surface area contributed by atoms with Gasteiger partial charge in [0.15, 0.2) is 15.8 Å². The number of hydrogen-bond acceptors (Lipinski definition) is 8. The van der Waals surface area contributed by atoms with E-state index in [1.807, 2.05) is 0 Å². The second kappa shape index (κ2) is 9.28. The molecule has 0 bridgehead atoms. The summed E-state index contributed by atoms with van der Waals surface area (Å²) in [6.07, 6.45) is 1.17. The lowest BCUT2D eigenvalue weighted by molar-refractivity contribution is -0.385. The van der Waals surface area contributed by atoms with Gasteiger partial charge in [-0.05, 0) is 30.3 Å². The largest absolute Gasteiger partial charge is 0.493 e. The summed E-state index contributed by atoms with van der Waals surface area (Å²) in [5, 5.41) is 20.6. The Labute approximate surface area is 188 Å². The van der Waals surface area contributed by atoms with Crippen molar-refractivity contribution in [1.82, 2.24) is 0 Å². The minimum Gasteiger partial charge on any atom is -0.493 e. The van der Waals surface area contributed by atoms with Gasteiger partial charge in [0, 0.05) is 0 Å². The Balaban J connectivity index is 2.04. The molecular formula is C19H12F2N2O7S2. The van der Waals surface area contributed by atoms with Crippen molar-refractivity contribution in [2.45, 2.75) is 6.61 Å². The maximum atomic E-state index is 12.9. The average molecular weight is 482 g/mol. The fourth-order valence-electron chi connectivity index (χ4n) is 2.80. The van der Waals surface area contributed by atoms with Crippen molar-refractivity contribution < 1.29 is 37.9 Å². The number of hydrogen-bond donors (Lipinski definition) is 1. The van der Waals surface area contributed by atoms with E-state index in [-0.39, 0.29) is 31.8 Å². The molecule has 9 nitrogen and oxygen atoms in total. The zero-order valence-corrected chi connectivity index (χ0v) is 17.6. The van der Waals surface area contributed by atoms with Crippen LogP contribution in [0.15, 0.2) is 41.3 Å². The third-order valence-electron chi connectivity index (χ3n) is 4.16. The van der Waals surface area contributed by atoms with E-state index in [1.165, 1.54) is 30.3 Å². The molecule has 1 amide bonds. The van der Waals surface area contributed by atoms with E-state index in [0.29, 0.717) is 0 Å². The molecule has 3 rings (SSSR count). The van der Waals surface area contributed by atoms with Gasteiger partial charge in [-0.3, -0.25) is 19.8 Å². The number of thioether (sulfide) groups is 1. The standard InChI is InChI=1S/C19H12F2N2O7S2/c1-29-13-6-10(12(23(27)28)8-14(13)30-18(20)21)7-15-16(24)22(19(31)32-15)11-4-2-3-9(5-11)17(25)26/h2-8,18H,1H3,(H,25,26)/b15-7-. The molecule has 32 heavy (non-hydrogen) atoms. The number of amides is 1. The minimum atomic E-state index is -3.23. The fraction of sp³-hybridized carbons (Fsp3) is 0.105. The number of carboxylic acids is 1. The Kier molecular flexibility index (Phi) is 6.69. The topological polar surface area (TPSA) is 119 Å². The van der Waals surface area contributed by atoms with Gasteiger partial charge in [-0.1, -0.05) is 30.0 Å². The number of nitro groups is 1. The highest BCUT2D eigenvalue weighted by molar-refractivity contribution is 8.27. The molecule has 0 spiro atoms. The lowest BCUT2D eigenvalue weighted by Crippen LogP contribution is -2.27. The van der Waals surface area contributed by atoms with Crippen molar-refractivity contribution in [2.75, 3.05) is 12.0 Å². The first-order valence-electron chi connectivity index (χ1n) is 8.55. The van der Waals surface area contributed by atoms with Crippen LogP contribution in [0.5, 0.6) is 11.5 Å². The molecule has 0 unspecified atom stereocenters. The molecule has 13 heteroatoms. The number of alkyl halides is 2. The van der Waals surface area contributed by atoms with Crippen LogP contribution in [-0.4, -0.2) is 39.9 Å². The van der Waals surface area contributed by atoms with E-state index in [0.717, 1.165) is 35.9 Å². The van der Waals surface area contributed by atoms with E-state index < -0.39 is 34.8 Å². The third kappa shape index (κ3) is 4.68. The Morgan fingerprint density at radius 3 is 2.62 bits per heavy atom. The Morgan fingerprint density at radius 1 is 1.31 bits per heavy atom. The minimum absolute atomic E-state index is 0.00316. The molecular weight excluding hydrogens is 470 g/mol. The number of carbonyl (C=O) groups excluding carboxylic acids is 1. The number of nitro benzene ring substituents is 1. The van der Waals surface area contributed by atoms with Crippen LogP contribution in [-0.2, 0) is 4.79 Å². The predicted molar refractivity (Wildman–Crippen MR) is 115 cm³/mol. The van der Waals surface area contributed by atoms with Crippen molar-refractivity contribution in [1.29, 1.82) is 0 Å². The molecule has 0 aliphatic carbocycles.